The molecule has 0 spiro atoms. The second-order valence-electron chi connectivity index (χ2n) is 3.50. The van der Waals surface area contributed by atoms with Gasteiger partial charge in [0.2, 0.25) is 0 Å². The van der Waals surface area contributed by atoms with Gasteiger partial charge in [-0.15, -0.1) is 0 Å². The molecular formula is C12H16ClNO2. The first-order valence-electron chi connectivity index (χ1n) is 5.25. The second-order valence-corrected chi connectivity index (χ2v) is 3.91. The molecule has 0 saturated carbocycles. The van der Waals surface area contributed by atoms with Crippen molar-refractivity contribution in [2.75, 3.05) is 13.2 Å². The van der Waals surface area contributed by atoms with Crippen LogP contribution in [0.3, 0.4) is 0 Å². The summed E-state index contributed by atoms with van der Waals surface area (Å²) in [6.07, 6.45) is 0. The number of carbonyl (C=O) groups is 1. The van der Waals surface area contributed by atoms with Gasteiger partial charge >= 0.3 is 0 Å². The highest BCUT2D eigenvalue weighted by Crippen LogP contribution is 2.25. The number of ether oxygens (including phenoxy) is 1. The van der Waals surface area contributed by atoms with Crippen molar-refractivity contribution in [3.05, 3.63) is 28.8 Å². The standard InChI is InChI=1S/C12H16ClNO2/c1-3-16-12-5-4-10(6-11(12)13)8-14-7-9(2)15/h4-6,14H,3,7-8H2,1-2H3. The minimum absolute atomic E-state index is 0.122. The summed E-state index contributed by atoms with van der Waals surface area (Å²) in [5.74, 6) is 0.816. The van der Waals surface area contributed by atoms with E-state index in [2.05, 4.69) is 5.32 Å². The molecule has 1 aromatic rings. The van der Waals surface area contributed by atoms with E-state index in [-0.39, 0.29) is 5.78 Å². The van der Waals surface area contributed by atoms with Crippen LogP contribution >= 0.6 is 11.6 Å². The molecule has 88 valence electrons. The van der Waals surface area contributed by atoms with Crippen molar-refractivity contribution in [1.82, 2.24) is 5.32 Å². The van der Waals surface area contributed by atoms with Crippen LogP contribution < -0.4 is 10.1 Å². The third kappa shape index (κ3) is 4.21. The molecule has 0 fully saturated rings. The summed E-state index contributed by atoms with van der Waals surface area (Å²) < 4.78 is 5.33. The summed E-state index contributed by atoms with van der Waals surface area (Å²) in [5.41, 5.74) is 1.04. The Hall–Kier alpha value is -1.06. The van der Waals surface area contributed by atoms with Crippen molar-refractivity contribution in [3.8, 4) is 5.75 Å². The van der Waals surface area contributed by atoms with Crippen molar-refractivity contribution in [2.24, 2.45) is 0 Å². The monoisotopic (exact) mass is 241 g/mol. The number of benzene rings is 1. The molecule has 16 heavy (non-hydrogen) atoms. The van der Waals surface area contributed by atoms with Crippen LogP contribution in [0.25, 0.3) is 0 Å². The van der Waals surface area contributed by atoms with Crippen LogP contribution in [0, 0.1) is 0 Å². The molecule has 0 heterocycles. The first kappa shape index (κ1) is 13.0. The van der Waals surface area contributed by atoms with Gasteiger partial charge in [-0.25, -0.2) is 0 Å². The number of hydrogen-bond donors (Lipinski definition) is 1. The van der Waals surface area contributed by atoms with E-state index in [1.807, 2.05) is 25.1 Å². The molecule has 1 aromatic carbocycles. The zero-order chi connectivity index (χ0) is 12.0. The summed E-state index contributed by atoms with van der Waals surface area (Å²) in [6, 6.07) is 5.63. The molecule has 4 heteroatoms. The Bertz CT molecular complexity index is 366. The number of ketones is 1. The Morgan fingerprint density at radius 2 is 2.25 bits per heavy atom. The topological polar surface area (TPSA) is 38.3 Å². The molecule has 0 radical (unpaired) electrons. The average molecular weight is 242 g/mol. The SMILES string of the molecule is CCOc1ccc(CNCC(C)=O)cc1Cl. The fraction of sp³-hybridized carbons (Fsp3) is 0.417. The van der Waals surface area contributed by atoms with E-state index in [9.17, 15) is 4.79 Å². The number of carbonyl (C=O) groups excluding carboxylic acids is 1. The summed E-state index contributed by atoms with van der Waals surface area (Å²) in [6.45, 7) is 5.08. The van der Waals surface area contributed by atoms with Gasteiger partial charge in [0.05, 0.1) is 18.2 Å². The second kappa shape index (κ2) is 6.51. The third-order valence-corrected chi connectivity index (χ3v) is 2.29. The molecule has 3 nitrogen and oxygen atoms in total. The zero-order valence-electron chi connectivity index (χ0n) is 9.55. The molecule has 0 amide bonds. The smallest absolute Gasteiger partial charge is 0.143 e. The summed E-state index contributed by atoms with van der Waals surface area (Å²) in [4.78, 5) is 10.7. The average Bonchev–Trinajstić information content (AvgIpc) is 2.21. The van der Waals surface area contributed by atoms with Crippen molar-refractivity contribution in [3.63, 3.8) is 0 Å². The lowest BCUT2D eigenvalue weighted by Crippen LogP contribution is -2.20. The maximum absolute atomic E-state index is 10.7. The van der Waals surface area contributed by atoms with Gasteiger partial charge in [-0.05, 0) is 31.5 Å². The molecule has 0 saturated heterocycles. The van der Waals surface area contributed by atoms with Gasteiger partial charge in [-0.2, -0.15) is 0 Å². The Morgan fingerprint density at radius 3 is 2.81 bits per heavy atom. The van der Waals surface area contributed by atoms with Gasteiger partial charge in [0.1, 0.15) is 11.5 Å². The number of Topliss-reactive ketones (excluding diaryl/α,β-unsaturated/α-hetero) is 1. The van der Waals surface area contributed by atoms with E-state index in [0.29, 0.717) is 30.5 Å². The maximum atomic E-state index is 10.7. The first-order valence-corrected chi connectivity index (χ1v) is 5.62. The van der Waals surface area contributed by atoms with Gasteiger partial charge in [0.15, 0.2) is 0 Å². The molecule has 1 rings (SSSR count). The van der Waals surface area contributed by atoms with Crippen LogP contribution in [0.1, 0.15) is 19.4 Å². The van der Waals surface area contributed by atoms with Crippen molar-refractivity contribution >= 4 is 17.4 Å². The molecule has 0 atom stereocenters. The van der Waals surface area contributed by atoms with Crippen LogP contribution in [-0.4, -0.2) is 18.9 Å². The predicted molar refractivity (Wildman–Crippen MR) is 65.0 cm³/mol. The van der Waals surface area contributed by atoms with E-state index < -0.39 is 0 Å². The van der Waals surface area contributed by atoms with E-state index in [0.717, 1.165) is 5.56 Å². The Labute approximate surface area is 101 Å². The number of hydrogen-bond acceptors (Lipinski definition) is 3. The minimum Gasteiger partial charge on any atom is -0.492 e. The summed E-state index contributed by atoms with van der Waals surface area (Å²) in [7, 11) is 0. The van der Waals surface area contributed by atoms with Crippen LogP contribution in [0.5, 0.6) is 5.75 Å². The van der Waals surface area contributed by atoms with Crippen LogP contribution in [0.4, 0.5) is 0 Å². The molecule has 0 aromatic heterocycles. The molecule has 0 unspecified atom stereocenters. The molecule has 1 N–H and O–H groups in total. The van der Waals surface area contributed by atoms with Crippen LogP contribution in [0.15, 0.2) is 18.2 Å². The molecule has 0 aliphatic rings. The van der Waals surface area contributed by atoms with Gasteiger partial charge < -0.3 is 10.1 Å². The fourth-order valence-corrected chi connectivity index (χ4v) is 1.57. The van der Waals surface area contributed by atoms with E-state index in [1.54, 1.807) is 6.92 Å². The van der Waals surface area contributed by atoms with E-state index >= 15 is 0 Å². The van der Waals surface area contributed by atoms with Crippen molar-refractivity contribution in [1.29, 1.82) is 0 Å². The Morgan fingerprint density at radius 1 is 1.50 bits per heavy atom. The van der Waals surface area contributed by atoms with Gasteiger partial charge in [0.25, 0.3) is 0 Å². The highest BCUT2D eigenvalue weighted by atomic mass is 35.5. The molecule has 0 bridgehead atoms. The molecule has 0 aliphatic heterocycles. The Balaban J connectivity index is 2.55. The Kier molecular flexibility index (Phi) is 5.29. The number of halogens is 1. The van der Waals surface area contributed by atoms with E-state index in [4.69, 9.17) is 16.3 Å². The maximum Gasteiger partial charge on any atom is 0.143 e. The van der Waals surface area contributed by atoms with E-state index in [1.165, 1.54) is 0 Å². The largest absolute Gasteiger partial charge is 0.492 e. The third-order valence-electron chi connectivity index (χ3n) is 2.00. The molecular weight excluding hydrogens is 226 g/mol. The lowest BCUT2D eigenvalue weighted by atomic mass is 10.2. The van der Waals surface area contributed by atoms with Gasteiger partial charge in [-0.3, -0.25) is 4.79 Å². The minimum atomic E-state index is 0.122. The quantitative estimate of drug-likeness (QED) is 0.831. The molecule has 0 aliphatic carbocycles. The predicted octanol–water partition coefficient (Wildman–Crippen LogP) is 2.42. The van der Waals surface area contributed by atoms with Gasteiger partial charge in [-0.1, -0.05) is 17.7 Å². The lowest BCUT2D eigenvalue weighted by molar-refractivity contribution is -0.116. The van der Waals surface area contributed by atoms with Crippen LogP contribution in [0.2, 0.25) is 5.02 Å². The fourth-order valence-electron chi connectivity index (χ4n) is 1.31. The summed E-state index contributed by atoms with van der Waals surface area (Å²) in [5, 5.41) is 3.63. The van der Waals surface area contributed by atoms with Crippen LogP contribution in [-0.2, 0) is 11.3 Å². The van der Waals surface area contributed by atoms with Gasteiger partial charge in [0, 0.05) is 6.54 Å². The lowest BCUT2D eigenvalue weighted by Gasteiger charge is -2.08. The highest BCUT2D eigenvalue weighted by molar-refractivity contribution is 6.32. The van der Waals surface area contributed by atoms with Crippen molar-refractivity contribution < 1.29 is 9.53 Å². The summed E-state index contributed by atoms with van der Waals surface area (Å²) >= 11 is 6.03. The number of nitrogens with one attached hydrogen (secondary N) is 1. The first-order chi connectivity index (χ1) is 7.63. The van der Waals surface area contributed by atoms with Crippen molar-refractivity contribution in [2.45, 2.75) is 20.4 Å². The zero-order valence-corrected chi connectivity index (χ0v) is 10.3. The number of rotatable bonds is 6. The normalized spacial score (nSPS) is 10.2. The highest BCUT2D eigenvalue weighted by Gasteiger charge is 2.02.